The Hall–Kier alpha value is -3.52. The highest BCUT2D eigenvalue weighted by Crippen LogP contribution is 2.40. The molecule has 0 radical (unpaired) electrons. The van der Waals surface area contributed by atoms with Gasteiger partial charge in [-0.15, -0.1) is 0 Å². The number of fused-ring (bicyclic) bond motifs is 2. The van der Waals surface area contributed by atoms with Gasteiger partial charge in [-0.05, 0) is 85.3 Å². The lowest BCUT2D eigenvalue weighted by Gasteiger charge is -2.26. The van der Waals surface area contributed by atoms with Gasteiger partial charge in [-0.25, -0.2) is 0 Å². The predicted molar refractivity (Wildman–Crippen MR) is 135 cm³/mol. The van der Waals surface area contributed by atoms with E-state index in [0.29, 0.717) is 12.1 Å². The third-order valence-corrected chi connectivity index (χ3v) is 7.04. The first-order valence-corrected chi connectivity index (χ1v) is 11.6. The third-order valence-electron chi connectivity index (χ3n) is 7.04. The monoisotopic (exact) mass is 416 g/mol. The maximum absolute atomic E-state index is 2.47. The van der Waals surface area contributed by atoms with Crippen LogP contribution in [0.1, 0.15) is 25.0 Å². The van der Waals surface area contributed by atoms with Gasteiger partial charge >= 0.3 is 0 Å². The smallest absolute Gasteiger partial charge is 0.0446 e. The second-order valence-electron chi connectivity index (χ2n) is 9.20. The number of nitrogens with zero attached hydrogens (tertiary/aromatic N) is 2. The molecule has 4 aromatic rings. The van der Waals surface area contributed by atoms with Crippen LogP contribution >= 0.6 is 0 Å². The van der Waals surface area contributed by atoms with Crippen LogP contribution in [0.2, 0.25) is 0 Å². The lowest BCUT2D eigenvalue weighted by atomic mass is 10.0. The third kappa shape index (κ3) is 3.10. The fourth-order valence-electron chi connectivity index (χ4n) is 5.55. The van der Waals surface area contributed by atoms with Crippen molar-refractivity contribution in [2.45, 2.75) is 38.8 Å². The van der Waals surface area contributed by atoms with Crippen molar-refractivity contribution in [2.24, 2.45) is 0 Å². The van der Waals surface area contributed by atoms with Gasteiger partial charge in [0.2, 0.25) is 0 Å². The van der Waals surface area contributed by atoms with Crippen LogP contribution in [0.5, 0.6) is 0 Å². The van der Waals surface area contributed by atoms with Crippen molar-refractivity contribution in [1.29, 1.82) is 0 Å². The van der Waals surface area contributed by atoms with Gasteiger partial charge in [0.1, 0.15) is 0 Å². The summed E-state index contributed by atoms with van der Waals surface area (Å²) in [5.74, 6) is 0. The summed E-state index contributed by atoms with van der Waals surface area (Å²) in [7, 11) is 0. The van der Waals surface area contributed by atoms with E-state index >= 15 is 0 Å². The highest BCUT2D eigenvalue weighted by molar-refractivity contribution is 5.76. The van der Waals surface area contributed by atoms with Crippen molar-refractivity contribution in [2.75, 3.05) is 9.80 Å². The first-order chi connectivity index (χ1) is 15.7. The highest BCUT2D eigenvalue weighted by Gasteiger charge is 2.27. The summed E-state index contributed by atoms with van der Waals surface area (Å²) >= 11 is 0. The molecule has 4 aromatic carbocycles. The van der Waals surface area contributed by atoms with Crippen molar-refractivity contribution in [3.63, 3.8) is 0 Å². The number of anilines is 4. The molecule has 32 heavy (non-hydrogen) atoms. The second kappa shape index (κ2) is 7.56. The Balaban J connectivity index is 1.26. The molecule has 2 heteroatoms. The molecule has 0 amide bonds. The number of benzene rings is 4. The Bertz CT molecular complexity index is 1160. The summed E-state index contributed by atoms with van der Waals surface area (Å²) in [6.45, 7) is 4.62. The van der Waals surface area contributed by atoms with E-state index in [1.54, 1.807) is 0 Å². The minimum atomic E-state index is 0.489. The summed E-state index contributed by atoms with van der Waals surface area (Å²) < 4.78 is 0. The molecule has 6 rings (SSSR count). The molecule has 0 aromatic heterocycles. The predicted octanol–water partition coefficient (Wildman–Crippen LogP) is 7.52. The van der Waals surface area contributed by atoms with Crippen LogP contribution in [-0.4, -0.2) is 12.1 Å². The van der Waals surface area contributed by atoms with Gasteiger partial charge in [-0.2, -0.15) is 0 Å². The van der Waals surface area contributed by atoms with Crippen LogP contribution in [-0.2, 0) is 12.8 Å². The van der Waals surface area contributed by atoms with E-state index in [1.807, 2.05) is 0 Å². The van der Waals surface area contributed by atoms with Crippen molar-refractivity contribution in [3.05, 3.63) is 108 Å². The molecule has 0 bridgehead atoms. The molecular formula is C30H28N2. The van der Waals surface area contributed by atoms with Crippen molar-refractivity contribution in [3.8, 4) is 11.1 Å². The molecule has 0 aliphatic carbocycles. The average Bonchev–Trinajstić information content (AvgIpc) is 3.34. The quantitative estimate of drug-likeness (QED) is 0.341. The SMILES string of the molecule is CC1Cc2ccccc2N1c1ccc(-c2ccc(N3c4ccccc4CC3C)cc2)cc1. The fourth-order valence-corrected chi connectivity index (χ4v) is 5.55. The fraction of sp³-hybridized carbons (Fsp3) is 0.200. The van der Waals surface area contributed by atoms with Gasteiger partial charge in [0.25, 0.3) is 0 Å². The topological polar surface area (TPSA) is 6.48 Å². The van der Waals surface area contributed by atoms with E-state index in [4.69, 9.17) is 0 Å². The number of rotatable bonds is 3. The molecule has 0 spiro atoms. The molecule has 2 unspecified atom stereocenters. The van der Waals surface area contributed by atoms with Crippen molar-refractivity contribution in [1.82, 2.24) is 0 Å². The van der Waals surface area contributed by atoms with Crippen LogP contribution in [0, 0.1) is 0 Å². The Morgan fingerprint density at radius 2 is 0.875 bits per heavy atom. The lowest BCUT2D eigenvalue weighted by Crippen LogP contribution is -2.23. The molecule has 2 aliphatic rings. The summed E-state index contributed by atoms with van der Waals surface area (Å²) in [4.78, 5) is 4.93. The zero-order valence-corrected chi connectivity index (χ0v) is 18.7. The largest absolute Gasteiger partial charge is 0.338 e. The first kappa shape index (κ1) is 19.2. The zero-order valence-electron chi connectivity index (χ0n) is 18.7. The Morgan fingerprint density at radius 1 is 0.500 bits per heavy atom. The molecule has 2 aliphatic heterocycles. The van der Waals surface area contributed by atoms with Crippen molar-refractivity contribution >= 4 is 22.7 Å². The molecule has 2 heterocycles. The normalized spacial score (nSPS) is 19.2. The van der Waals surface area contributed by atoms with E-state index in [9.17, 15) is 0 Å². The number of para-hydroxylation sites is 2. The molecule has 0 saturated heterocycles. The highest BCUT2D eigenvalue weighted by atomic mass is 15.2. The van der Waals surface area contributed by atoms with Gasteiger partial charge < -0.3 is 9.80 Å². The van der Waals surface area contributed by atoms with Gasteiger partial charge in [0.15, 0.2) is 0 Å². The van der Waals surface area contributed by atoms with E-state index in [2.05, 4.69) is 121 Å². The maximum atomic E-state index is 2.47. The molecular weight excluding hydrogens is 388 g/mol. The minimum Gasteiger partial charge on any atom is -0.338 e. The Labute approximate surface area is 190 Å². The van der Waals surface area contributed by atoms with Crippen LogP contribution in [0.4, 0.5) is 22.7 Å². The van der Waals surface area contributed by atoms with E-state index in [1.165, 1.54) is 45.0 Å². The molecule has 2 atom stereocenters. The van der Waals surface area contributed by atoms with E-state index < -0.39 is 0 Å². The van der Waals surface area contributed by atoms with E-state index in [0.717, 1.165) is 12.8 Å². The Kier molecular flexibility index (Phi) is 4.53. The average molecular weight is 417 g/mol. The van der Waals surface area contributed by atoms with E-state index in [-0.39, 0.29) is 0 Å². The Morgan fingerprint density at radius 3 is 1.28 bits per heavy atom. The van der Waals surface area contributed by atoms with Gasteiger partial charge in [0, 0.05) is 34.8 Å². The summed E-state index contributed by atoms with van der Waals surface area (Å²) in [6, 6.07) is 36.6. The number of hydrogen-bond donors (Lipinski definition) is 0. The molecule has 0 fully saturated rings. The summed E-state index contributed by atoms with van der Waals surface area (Å²) in [6.07, 6.45) is 2.22. The minimum absolute atomic E-state index is 0.489. The molecule has 2 nitrogen and oxygen atoms in total. The standard InChI is InChI=1S/C30H28N2/c1-21-19-25-7-3-5-9-29(25)31(21)27-15-11-23(12-16-27)24-13-17-28(18-14-24)32-22(2)20-26-8-4-6-10-30(26)32/h3-18,21-22H,19-20H2,1-2H3. The van der Waals surface area contributed by atoms with Crippen LogP contribution in [0.25, 0.3) is 11.1 Å². The van der Waals surface area contributed by atoms with Crippen molar-refractivity contribution < 1.29 is 0 Å². The zero-order chi connectivity index (χ0) is 21.7. The van der Waals surface area contributed by atoms with Gasteiger partial charge in [-0.1, -0.05) is 60.7 Å². The number of hydrogen-bond acceptors (Lipinski definition) is 2. The van der Waals surface area contributed by atoms with Crippen LogP contribution in [0.3, 0.4) is 0 Å². The molecule has 0 N–H and O–H groups in total. The summed E-state index contributed by atoms with van der Waals surface area (Å²) in [5, 5.41) is 0. The van der Waals surface area contributed by atoms with Crippen LogP contribution in [0.15, 0.2) is 97.1 Å². The second-order valence-corrected chi connectivity index (χ2v) is 9.20. The molecule has 158 valence electrons. The first-order valence-electron chi connectivity index (χ1n) is 11.6. The molecule has 0 saturated carbocycles. The van der Waals surface area contributed by atoms with Gasteiger partial charge in [0.05, 0.1) is 0 Å². The van der Waals surface area contributed by atoms with Gasteiger partial charge in [-0.3, -0.25) is 0 Å². The maximum Gasteiger partial charge on any atom is 0.0446 e. The lowest BCUT2D eigenvalue weighted by molar-refractivity contribution is 0.759. The summed E-state index contributed by atoms with van der Waals surface area (Å²) in [5.41, 5.74) is 10.6. The van der Waals surface area contributed by atoms with Crippen LogP contribution < -0.4 is 9.80 Å².